The van der Waals surface area contributed by atoms with Gasteiger partial charge in [0.2, 0.25) is 0 Å². The highest BCUT2D eigenvalue weighted by atomic mass is 16.6. The first-order chi connectivity index (χ1) is 19.8. The summed E-state index contributed by atoms with van der Waals surface area (Å²) in [5, 5.41) is 20.0. The number of hydrogen-bond acceptors (Lipinski definition) is 6. The van der Waals surface area contributed by atoms with Crippen molar-refractivity contribution in [1.29, 1.82) is 0 Å². The van der Waals surface area contributed by atoms with Crippen LogP contribution in [0, 0.1) is 5.92 Å². The molecule has 6 nitrogen and oxygen atoms in total. The fourth-order valence-corrected chi connectivity index (χ4v) is 3.88. The van der Waals surface area contributed by atoms with E-state index in [-0.39, 0.29) is 25.6 Å². The molecule has 0 radical (unpaired) electrons. The molecule has 1 unspecified atom stereocenters. The topological polar surface area (TPSA) is 93.1 Å². The molecule has 0 saturated carbocycles. The molecule has 0 heterocycles. The van der Waals surface area contributed by atoms with Crippen LogP contribution in [0.5, 0.6) is 0 Å². The fraction of sp³-hybridized carbons (Fsp3) is 0.657. The minimum absolute atomic E-state index is 0.152. The Morgan fingerprint density at radius 2 is 1.15 bits per heavy atom. The third-order valence-electron chi connectivity index (χ3n) is 6.30. The van der Waals surface area contributed by atoms with E-state index in [0.717, 1.165) is 50.9 Å². The Balaban J connectivity index is 3.74. The Labute approximate surface area is 250 Å². The summed E-state index contributed by atoms with van der Waals surface area (Å²) < 4.78 is 10.1. The zero-order valence-corrected chi connectivity index (χ0v) is 26.1. The molecule has 0 aliphatic rings. The minimum atomic E-state index is -1.04. The van der Waals surface area contributed by atoms with Crippen molar-refractivity contribution in [2.24, 2.45) is 5.92 Å². The molecule has 2 atom stereocenters. The molecule has 0 rings (SSSR count). The molecule has 0 aromatic carbocycles. The maximum absolute atomic E-state index is 11.9. The average molecular weight is 575 g/mol. The van der Waals surface area contributed by atoms with Crippen LogP contribution in [0.1, 0.15) is 117 Å². The van der Waals surface area contributed by atoms with Gasteiger partial charge < -0.3 is 19.7 Å². The summed E-state index contributed by atoms with van der Waals surface area (Å²) in [5.74, 6) is -0.0143. The zero-order valence-electron chi connectivity index (χ0n) is 26.1. The van der Waals surface area contributed by atoms with Gasteiger partial charge in [-0.1, -0.05) is 120 Å². The summed E-state index contributed by atoms with van der Waals surface area (Å²) in [4.78, 5) is 23.7. The van der Waals surface area contributed by atoms with Crippen molar-refractivity contribution in [3.05, 3.63) is 60.8 Å². The normalized spacial score (nSPS) is 13.9. The smallest absolute Gasteiger partial charge is 0.305 e. The molecule has 2 N–H and O–H groups in total. The van der Waals surface area contributed by atoms with Crippen LogP contribution in [0.25, 0.3) is 0 Å². The van der Waals surface area contributed by atoms with Crippen LogP contribution in [0.4, 0.5) is 0 Å². The van der Waals surface area contributed by atoms with Gasteiger partial charge in [0.05, 0.1) is 6.10 Å². The molecule has 0 amide bonds. The second-order valence-electron chi connectivity index (χ2n) is 10.9. The van der Waals surface area contributed by atoms with Crippen molar-refractivity contribution in [3.63, 3.8) is 0 Å². The zero-order chi connectivity index (χ0) is 30.4. The highest BCUT2D eigenvalue weighted by Crippen LogP contribution is 2.12. The fourth-order valence-electron chi connectivity index (χ4n) is 3.88. The van der Waals surface area contributed by atoms with Gasteiger partial charge in [-0.15, -0.1) is 0 Å². The number of hydrogen-bond donors (Lipinski definition) is 2. The van der Waals surface area contributed by atoms with Crippen LogP contribution in [0.3, 0.4) is 0 Å². The molecular weight excluding hydrogens is 516 g/mol. The number of aliphatic hydroxyl groups excluding tert-OH is 2. The minimum Gasteiger partial charge on any atom is -0.463 e. The first kappa shape index (κ1) is 38.6. The van der Waals surface area contributed by atoms with Crippen LogP contribution >= 0.6 is 0 Å². The van der Waals surface area contributed by atoms with Crippen molar-refractivity contribution >= 4 is 11.9 Å². The Morgan fingerprint density at radius 3 is 1.73 bits per heavy atom. The summed E-state index contributed by atoms with van der Waals surface area (Å²) >= 11 is 0. The van der Waals surface area contributed by atoms with Gasteiger partial charge in [-0.25, -0.2) is 0 Å². The lowest BCUT2D eigenvalue weighted by Gasteiger charge is -2.12. The molecular formula is C35H58O6. The van der Waals surface area contributed by atoms with Crippen LogP contribution in [0.2, 0.25) is 0 Å². The summed E-state index contributed by atoms with van der Waals surface area (Å²) in [7, 11) is 0. The van der Waals surface area contributed by atoms with Crippen LogP contribution in [-0.2, 0) is 19.1 Å². The van der Waals surface area contributed by atoms with Gasteiger partial charge in [-0.2, -0.15) is 0 Å². The van der Waals surface area contributed by atoms with E-state index in [1.165, 1.54) is 25.7 Å². The number of allylic oxidation sites excluding steroid dienone is 9. The van der Waals surface area contributed by atoms with Gasteiger partial charge in [0.25, 0.3) is 0 Å². The Hall–Kier alpha value is -2.44. The summed E-state index contributed by atoms with van der Waals surface area (Å²) in [6.45, 7) is 6.23. The maximum atomic E-state index is 11.9. The second-order valence-corrected chi connectivity index (χ2v) is 10.9. The van der Waals surface area contributed by atoms with Crippen molar-refractivity contribution in [2.75, 3.05) is 13.2 Å². The lowest BCUT2D eigenvalue weighted by atomic mass is 10.0. The molecule has 0 bridgehead atoms. The van der Waals surface area contributed by atoms with E-state index < -0.39 is 18.2 Å². The quantitative estimate of drug-likeness (QED) is 0.0469. The number of esters is 2. The number of ether oxygens (including phenoxy) is 2. The SMILES string of the molecule is CC/C=C\C/C=C\C/C=C\C/C=C\C=C\C(O)CCCC(=O)OC[C@H](O)COC(=O)CCCCCCCCC(C)C. The highest BCUT2D eigenvalue weighted by Gasteiger charge is 2.12. The molecule has 6 heteroatoms. The van der Waals surface area contributed by atoms with Gasteiger partial charge >= 0.3 is 11.9 Å². The number of carbonyl (C=O) groups is 2. The first-order valence-electron chi connectivity index (χ1n) is 15.8. The summed E-state index contributed by atoms with van der Waals surface area (Å²) in [6, 6.07) is 0. The van der Waals surface area contributed by atoms with Crippen LogP contribution in [-0.4, -0.2) is 47.6 Å². The maximum Gasteiger partial charge on any atom is 0.305 e. The van der Waals surface area contributed by atoms with Crippen LogP contribution < -0.4 is 0 Å². The van der Waals surface area contributed by atoms with Gasteiger partial charge in [0, 0.05) is 12.8 Å². The number of rotatable bonds is 26. The molecule has 0 fully saturated rings. The van der Waals surface area contributed by atoms with Gasteiger partial charge in [-0.3, -0.25) is 9.59 Å². The lowest BCUT2D eigenvalue weighted by Crippen LogP contribution is -2.25. The molecule has 0 aliphatic carbocycles. The number of unbranched alkanes of at least 4 members (excludes halogenated alkanes) is 5. The molecule has 0 aromatic heterocycles. The molecule has 234 valence electrons. The first-order valence-corrected chi connectivity index (χ1v) is 15.8. The van der Waals surface area contributed by atoms with E-state index in [1.807, 2.05) is 18.2 Å². The highest BCUT2D eigenvalue weighted by molar-refractivity contribution is 5.69. The van der Waals surface area contributed by atoms with Gasteiger partial charge in [0.1, 0.15) is 19.3 Å². The van der Waals surface area contributed by atoms with E-state index in [9.17, 15) is 19.8 Å². The third-order valence-corrected chi connectivity index (χ3v) is 6.30. The third kappa shape index (κ3) is 30.3. The van der Waals surface area contributed by atoms with Crippen LogP contribution in [0.15, 0.2) is 60.8 Å². The lowest BCUT2D eigenvalue weighted by molar-refractivity contribution is -0.152. The Kier molecular flexibility index (Phi) is 27.3. The summed E-state index contributed by atoms with van der Waals surface area (Å²) in [6.07, 6.45) is 31.8. The standard InChI is InChI=1S/C35H58O6/c1-4-5-6-7-8-9-10-11-12-13-14-18-21-25-32(36)26-23-28-35(39)41-30-33(37)29-40-34(38)27-22-19-16-15-17-20-24-31(2)3/h5-6,8-9,11-12,14,18,21,25,31-33,36-37H,4,7,10,13,15-17,19-20,22-24,26-30H2,1-3H3/b6-5-,9-8-,12-11-,18-14-,25-21+/t32?,33-/m1/s1. The van der Waals surface area contributed by atoms with Crippen molar-refractivity contribution < 1.29 is 29.3 Å². The van der Waals surface area contributed by atoms with E-state index in [1.54, 1.807) is 6.08 Å². The van der Waals surface area contributed by atoms with Gasteiger partial charge in [0.15, 0.2) is 0 Å². The number of aliphatic hydroxyl groups is 2. The predicted octanol–water partition coefficient (Wildman–Crippen LogP) is 8.10. The van der Waals surface area contributed by atoms with Crippen molar-refractivity contribution in [3.8, 4) is 0 Å². The predicted molar refractivity (Wildman–Crippen MR) is 169 cm³/mol. The summed E-state index contributed by atoms with van der Waals surface area (Å²) in [5.41, 5.74) is 0. The Morgan fingerprint density at radius 1 is 0.634 bits per heavy atom. The number of carbonyl (C=O) groups excluding carboxylic acids is 2. The van der Waals surface area contributed by atoms with Crippen molar-refractivity contribution in [2.45, 2.75) is 129 Å². The van der Waals surface area contributed by atoms with Crippen molar-refractivity contribution in [1.82, 2.24) is 0 Å². The van der Waals surface area contributed by atoms with Gasteiger partial charge in [-0.05, 0) is 50.9 Å². The Bertz CT molecular complexity index is 778. The molecule has 0 aliphatic heterocycles. The molecule has 0 aromatic rings. The van der Waals surface area contributed by atoms with E-state index >= 15 is 0 Å². The second kappa shape index (κ2) is 29.1. The molecule has 0 spiro atoms. The molecule has 0 saturated heterocycles. The average Bonchev–Trinajstić information content (AvgIpc) is 2.94. The van der Waals surface area contributed by atoms with E-state index in [4.69, 9.17) is 9.47 Å². The monoisotopic (exact) mass is 574 g/mol. The van der Waals surface area contributed by atoms with E-state index in [2.05, 4.69) is 57.2 Å². The largest absolute Gasteiger partial charge is 0.463 e. The van der Waals surface area contributed by atoms with E-state index in [0.29, 0.717) is 19.3 Å². The molecule has 41 heavy (non-hydrogen) atoms.